The van der Waals surface area contributed by atoms with Gasteiger partial charge in [-0.1, -0.05) is 54.2 Å². The molecule has 0 atom stereocenters. The Hall–Kier alpha value is -3.84. The second-order valence-corrected chi connectivity index (χ2v) is 8.64. The van der Waals surface area contributed by atoms with Crippen LogP contribution in [-0.2, 0) is 16.1 Å². The van der Waals surface area contributed by atoms with Crippen LogP contribution in [0, 0.1) is 0 Å². The molecular formula is C26H22N4O2S. The monoisotopic (exact) mass is 454 g/mol. The molecule has 0 radical (unpaired) electrons. The number of nitrogens with zero attached hydrogens (tertiary/aromatic N) is 3. The summed E-state index contributed by atoms with van der Waals surface area (Å²) in [6, 6.07) is 23.8. The number of rotatable bonds is 5. The maximum atomic E-state index is 13.3. The molecule has 33 heavy (non-hydrogen) atoms. The molecule has 0 unspecified atom stereocenters. The normalized spacial score (nSPS) is 15.1. The molecular weight excluding hydrogens is 432 g/mol. The third kappa shape index (κ3) is 3.81. The second-order valence-electron chi connectivity index (χ2n) is 7.69. The minimum atomic E-state index is -0.460. The van der Waals surface area contributed by atoms with Crippen molar-refractivity contribution in [3.63, 3.8) is 0 Å². The van der Waals surface area contributed by atoms with E-state index in [4.69, 9.17) is 5.73 Å². The number of benzene rings is 3. The van der Waals surface area contributed by atoms with E-state index in [0.29, 0.717) is 16.6 Å². The number of hydrogen-bond acceptors (Lipinski definition) is 4. The summed E-state index contributed by atoms with van der Waals surface area (Å²) in [5, 5.41) is 2.76. The highest BCUT2D eigenvalue weighted by atomic mass is 32.2. The molecule has 0 aliphatic carbocycles. The van der Waals surface area contributed by atoms with Crippen molar-refractivity contribution in [2.75, 3.05) is 10.7 Å². The molecule has 1 aliphatic heterocycles. The SMILES string of the molecule is CCn1c2ccccc2c2cc(/C=C3/N=C(SCC(N)=O)N(c4ccccc4)C3=O)ccc21. The second kappa shape index (κ2) is 8.60. The third-order valence-electron chi connectivity index (χ3n) is 5.60. The number of aliphatic imine (C=N–C) groups is 1. The molecule has 5 rings (SSSR count). The van der Waals surface area contributed by atoms with Gasteiger partial charge in [-0.25, -0.2) is 4.99 Å². The maximum Gasteiger partial charge on any atom is 0.283 e. The lowest BCUT2D eigenvalue weighted by Gasteiger charge is -2.17. The molecule has 164 valence electrons. The minimum absolute atomic E-state index is 0.0468. The number of amides is 2. The Morgan fingerprint density at radius 3 is 2.48 bits per heavy atom. The fourth-order valence-corrected chi connectivity index (χ4v) is 4.94. The Morgan fingerprint density at radius 2 is 1.73 bits per heavy atom. The summed E-state index contributed by atoms with van der Waals surface area (Å²) in [6.45, 7) is 3.01. The average molecular weight is 455 g/mol. The molecule has 2 amide bonds. The van der Waals surface area contributed by atoms with Crippen LogP contribution in [0.4, 0.5) is 5.69 Å². The topological polar surface area (TPSA) is 80.7 Å². The van der Waals surface area contributed by atoms with Gasteiger partial charge in [-0.05, 0) is 48.9 Å². The Morgan fingerprint density at radius 1 is 1.00 bits per heavy atom. The molecule has 0 bridgehead atoms. The largest absolute Gasteiger partial charge is 0.369 e. The Kier molecular flexibility index (Phi) is 5.48. The lowest BCUT2D eigenvalue weighted by Crippen LogP contribution is -2.31. The quantitative estimate of drug-likeness (QED) is 0.441. The average Bonchev–Trinajstić information content (AvgIpc) is 3.32. The van der Waals surface area contributed by atoms with Crippen LogP contribution in [-0.4, -0.2) is 27.3 Å². The van der Waals surface area contributed by atoms with E-state index >= 15 is 0 Å². The first kappa shape index (κ1) is 21.0. The summed E-state index contributed by atoms with van der Waals surface area (Å²) >= 11 is 1.16. The molecule has 1 aromatic heterocycles. The number of aromatic nitrogens is 1. The Labute approximate surface area is 195 Å². The first-order chi connectivity index (χ1) is 16.1. The fraction of sp³-hybridized carbons (Fsp3) is 0.115. The van der Waals surface area contributed by atoms with Crippen molar-refractivity contribution in [3.05, 3.63) is 84.1 Å². The van der Waals surface area contributed by atoms with Crippen LogP contribution >= 0.6 is 11.8 Å². The van der Waals surface area contributed by atoms with Crippen LogP contribution in [0.25, 0.3) is 27.9 Å². The lowest BCUT2D eigenvalue weighted by atomic mass is 10.1. The molecule has 7 heteroatoms. The number of anilines is 1. The number of primary amides is 1. The van der Waals surface area contributed by atoms with Crippen molar-refractivity contribution in [2.24, 2.45) is 10.7 Å². The molecule has 1 aliphatic rings. The van der Waals surface area contributed by atoms with E-state index in [9.17, 15) is 9.59 Å². The minimum Gasteiger partial charge on any atom is -0.369 e. The van der Waals surface area contributed by atoms with E-state index in [0.717, 1.165) is 34.8 Å². The smallest absolute Gasteiger partial charge is 0.283 e. The zero-order valence-corrected chi connectivity index (χ0v) is 18.9. The molecule has 4 aromatic rings. The molecule has 3 aromatic carbocycles. The van der Waals surface area contributed by atoms with Crippen molar-refractivity contribution < 1.29 is 9.59 Å². The molecule has 6 nitrogen and oxygen atoms in total. The molecule has 2 heterocycles. The molecule has 0 saturated heterocycles. The van der Waals surface area contributed by atoms with Gasteiger partial charge < -0.3 is 10.3 Å². The number of nitrogens with two attached hydrogens (primary N) is 1. The first-order valence-corrected chi connectivity index (χ1v) is 11.7. The van der Waals surface area contributed by atoms with Crippen molar-refractivity contribution in [2.45, 2.75) is 13.5 Å². The first-order valence-electron chi connectivity index (χ1n) is 10.7. The summed E-state index contributed by atoms with van der Waals surface area (Å²) in [5.41, 5.74) is 9.58. The molecule has 0 saturated carbocycles. The Balaban J connectivity index is 1.58. The van der Waals surface area contributed by atoms with E-state index in [2.05, 4.69) is 40.7 Å². The highest BCUT2D eigenvalue weighted by Gasteiger charge is 2.32. The van der Waals surface area contributed by atoms with E-state index in [1.54, 1.807) is 6.08 Å². The van der Waals surface area contributed by atoms with Crippen LogP contribution in [0.3, 0.4) is 0 Å². The summed E-state index contributed by atoms with van der Waals surface area (Å²) in [6.07, 6.45) is 1.80. The zero-order chi connectivity index (χ0) is 22.9. The number of carbonyl (C=O) groups is 2. The van der Waals surface area contributed by atoms with Gasteiger partial charge in [-0.3, -0.25) is 14.5 Å². The van der Waals surface area contributed by atoms with Crippen LogP contribution in [0.2, 0.25) is 0 Å². The van der Waals surface area contributed by atoms with Crippen LogP contribution in [0.5, 0.6) is 0 Å². The van der Waals surface area contributed by atoms with Gasteiger partial charge in [0.25, 0.3) is 5.91 Å². The van der Waals surface area contributed by atoms with Crippen molar-refractivity contribution in [3.8, 4) is 0 Å². The lowest BCUT2D eigenvalue weighted by molar-refractivity contribution is -0.115. The predicted molar refractivity (Wildman–Crippen MR) is 136 cm³/mol. The van der Waals surface area contributed by atoms with Gasteiger partial charge in [-0.15, -0.1) is 0 Å². The van der Waals surface area contributed by atoms with Gasteiger partial charge in [0.2, 0.25) is 5.91 Å². The van der Waals surface area contributed by atoms with E-state index in [1.807, 2.05) is 48.5 Å². The zero-order valence-electron chi connectivity index (χ0n) is 18.1. The highest BCUT2D eigenvalue weighted by molar-refractivity contribution is 8.14. The summed E-state index contributed by atoms with van der Waals surface area (Å²) in [7, 11) is 0. The number of amidine groups is 1. The molecule has 2 N–H and O–H groups in total. The molecule has 0 fully saturated rings. The summed E-state index contributed by atoms with van der Waals surface area (Å²) in [5.74, 6) is -0.645. The van der Waals surface area contributed by atoms with E-state index in [1.165, 1.54) is 15.8 Å². The third-order valence-corrected chi connectivity index (χ3v) is 6.56. The summed E-state index contributed by atoms with van der Waals surface area (Å²) < 4.78 is 2.29. The van der Waals surface area contributed by atoms with Gasteiger partial charge in [0, 0.05) is 28.4 Å². The van der Waals surface area contributed by atoms with Gasteiger partial charge in [0.15, 0.2) is 5.17 Å². The number of thioether (sulfide) groups is 1. The van der Waals surface area contributed by atoms with Gasteiger partial charge >= 0.3 is 0 Å². The highest BCUT2D eigenvalue weighted by Crippen LogP contribution is 2.32. The standard InChI is InChI=1S/C26H22N4O2S/c1-2-29-22-11-7-6-10-19(22)20-14-17(12-13-23(20)29)15-21-25(32)30(18-8-4-3-5-9-18)26(28-21)33-16-24(27)31/h3-15H,2,16H2,1H3,(H2,27,31)/b21-15+. The van der Waals surface area contributed by atoms with Gasteiger partial charge in [0.05, 0.1) is 11.4 Å². The van der Waals surface area contributed by atoms with Crippen LogP contribution < -0.4 is 10.6 Å². The van der Waals surface area contributed by atoms with Crippen LogP contribution in [0.1, 0.15) is 12.5 Å². The van der Waals surface area contributed by atoms with Crippen molar-refractivity contribution in [1.82, 2.24) is 4.57 Å². The Bertz CT molecular complexity index is 1450. The number of hydrogen-bond donors (Lipinski definition) is 1. The molecule has 0 spiro atoms. The predicted octanol–water partition coefficient (Wildman–Crippen LogP) is 4.78. The maximum absolute atomic E-state index is 13.3. The van der Waals surface area contributed by atoms with Crippen LogP contribution in [0.15, 0.2) is 83.5 Å². The number of para-hydroxylation sites is 2. The summed E-state index contributed by atoms with van der Waals surface area (Å²) in [4.78, 5) is 30.7. The van der Waals surface area contributed by atoms with Crippen molar-refractivity contribution >= 4 is 62.3 Å². The number of fused-ring (bicyclic) bond motifs is 3. The fourth-order valence-electron chi connectivity index (χ4n) is 4.19. The number of aryl methyl sites for hydroxylation is 1. The van der Waals surface area contributed by atoms with Gasteiger partial charge in [0.1, 0.15) is 5.70 Å². The van der Waals surface area contributed by atoms with E-state index in [-0.39, 0.29) is 11.7 Å². The number of carbonyl (C=O) groups excluding carboxylic acids is 2. The van der Waals surface area contributed by atoms with Crippen molar-refractivity contribution in [1.29, 1.82) is 0 Å². The van der Waals surface area contributed by atoms with E-state index < -0.39 is 5.91 Å². The van der Waals surface area contributed by atoms with Gasteiger partial charge in [-0.2, -0.15) is 0 Å².